The van der Waals surface area contributed by atoms with Crippen molar-refractivity contribution in [1.29, 1.82) is 0 Å². The van der Waals surface area contributed by atoms with E-state index in [0.29, 0.717) is 6.04 Å². The van der Waals surface area contributed by atoms with Crippen molar-refractivity contribution in [2.45, 2.75) is 25.9 Å². The predicted octanol–water partition coefficient (Wildman–Crippen LogP) is 2.00. The van der Waals surface area contributed by atoms with Gasteiger partial charge in [-0.2, -0.15) is 0 Å². The first-order valence-corrected chi connectivity index (χ1v) is 6.80. The third kappa shape index (κ3) is 3.64. The summed E-state index contributed by atoms with van der Waals surface area (Å²) in [6, 6.07) is 8.42. The molecule has 1 fully saturated rings. The van der Waals surface area contributed by atoms with Crippen molar-refractivity contribution in [3.05, 3.63) is 29.8 Å². The van der Waals surface area contributed by atoms with Gasteiger partial charge in [0.15, 0.2) is 0 Å². The Morgan fingerprint density at radius 3 is 2.70 bits per heavy atom. The van der Waals surface area contributed by atoms with Crippen molar-refractivity contribution in [2.75, 3.05) is 32.1 Å². The van der Waals surface area contributed by atoms with Crippen LogP contribution in [0.4, 0.5) is 5.69 Å². The highest BCUT2D eigenvalue weighted by atomic mass is 35.5. The number of nitrogens with one attached hydrogen (secondary N) is 1. The first-order valence-electron chi connectivity index (χ1n) is 6.80. The fourth-order valence-corrected chi connectivity index (χ4v) is 2.39. The second kappa shape index (κ2) is 6.95. The van der Waals surface area contributed by atoms with Crippen LogP contribution in [0.5, 0.6) is 0 Å². The minimum Gasteiger partial charge on any atom is -0.378 e. The van der Waals surface area contributed by atoms with Crippen LogP contribution in [0, 0.1) is 0 Å². The van der Waals surface area contributed by atoms with Gasteiger partial charge in [0.25, 0.3) is 5.91 Å². The maximum atomic E-state index is 12.6. The fourth-order valence-electron chi connectivity index (χ4n) is 2.39. The molecule has 1 saturated heterocycles. The molecule has 0 saturated carbocycles. The van der Waals surface area contributed by atoms with Crippen LogP contribution in [0.15, 0.2) is 24.3 Å². The van der Waals surface area contributed by atoms with Crippen LogP contribution in [-0.2, 0) is 0 Å². The van der Waals surface area contributed by atoms with Gasteiger partial charge in [-0.3, -0.25) is 4.79 Å². The van der Waals surface area contributed by atoms with Crippen molar-refractivity contribution >= 4 is 24.0 Å². The summed E-state index contributed by atoms with van der Waals surface area (Å²) in [5, 5.41) is 3.40. The summed E-state index contributed by atoms with van der Waals surface area (Å²) in [7, 11) is 3.97. The van der Waals surface area contributed by atoms with E-state index in [1.54, 1.807) is 0 Å². The summed E-state index contributed by atoms with van der Waals surface area (Å²) in [6.07, 6.45) is 0. The normalized spacial score (nSPS) is 22.1. The molecule has 1 heterocycles. The average molecular weight is 298 g/mol. The number of benzene rings is 1. The van der Waals surface area contributed by atoms with Crippen molar-refractivity contribution in [2.24, 2.45) is 0 Å². The molecule has 20 heavy (non-hydrogen) atoms. The summed E-state index contributed by atoms with van der Waals surface area (Å²) < 4.78 is 0. The van der Waals surface area contributed by atoms with Gasteiger partial charge in [-0.1, -0.05) is 6.07 Å². The molecule has 1 aliphatic heterocycles. The number of anilines is 1. The van der Waals surface area contributed by atoms with Crippen molar-refractivity contribution in [3.8, 4) is 0 Å². The number of carbonyl (C=O) groups excluding carboxylic acids is 1. The average Bonchev–Trinajstić information content (AvgIpc) is 2.41. The number of carbonyl (C=O) groups is 1. The molecule has 0 radical (unpaired) electrons. The second-order valence-corrected chi connectivity index (χ2v) is 5.56. The van der Waals surface area contributed by atoms with Gasteiger partial charge >= 0.3 is 0 Å². The SMILES string of the molecule is CC1CN(C(=O)c2cccc(N(C)C)c2)C(C)CN1.Cl. The van der Waals surface area contributed by atoms with Crippen molar-refractivity contribution in [1.82, 2.24) is 10.2 Å². The summed E-state index contributed by atoms with van der Waals surface area (Å²) >= 11 is 0. The van der Waals surface area contributed by atoms with Crippen LogP contribution in [0.1, 0.15) is 24.2 Å². The van der Waals surface area contributed by atoms with Gasteiger partial charge in [0.1, 0.15) is 0 Å². The molecule has 0 aromatic heterocycles. The number of piperazine rings is 1. The lowest BCUT2D eigenvalue weighted by Crippen LogP contribution is -2.56. The summed E-state index contributed by atoms with van der Waals surface area (Å²) in [5.74, 6) is 0.129. The van der Waals surface area contributed by atoms with Gasteiger partial charge in [0.2, 0.25) is 0 Å². The monoisotopic (exact) mass is 297 g/mol. The standard InChI is InChI=1S/C15H23N3O.ClH/c1-11-10-18(12(2)9-16-11)15(19)13-6-5-7-14(8-13)17(3)4;/h5-8,11-12,16H,9-10H2,1-4H3;1H. The van der Waals surface area contributed by atoms with Crippen LogP contribution < -0.4 is 10.2 Å². The Bertz CT molecular complexity index is 464. The van der Waals surface area contributed by atoms with Gasteiger partial charge in [-0.05, 0) is 32.0 Å². The Kier molecular flexibility index (Phi) is 5.84. The molecule has 112 valence electrons. The molecular weight excluding hydrogens is 274 g/mol. The Morgan fingerprint density at radius 2 is 2.05 bits per heavy atom. The summed E-state index contributed by atoms with van der Waals surface area (Å²) in [6.45, 7) is 5.83. The van der Waals surface area contributed by atoms with Crippen molar-refractivity contribution in [3.63, 3.8) is 0 Å². The van der Waals surface area contributed by atoms with Gasteiger partial charge in [-0.15, -0.1) is 12.4 Å². The number of amides is 1. The predicted molar refractivity (Wildman–Crippen MR) is 86.0 cm³/mol. The van der Waals surface area contributed by atoms with Crippen molar-refractivity contribution < 1.29 is 4.79 Å². The molecule has 5 heteroatoms. The van der Waals surface area contributed by atoms with E-state index in [-0.39, 0.29) is 24.4 Å². The lowest BCUT2D eigenvalue weighted by molar-refractivity contribution is 0.0616. The summed E-state index contributed by atoms with van der Waals surface area (Å²) in [4.78, 5) is 16.6. The lowest BCUT2D eigenvalue weighted by atomic mass is 10.1. The molecule has 1 aromatic carbocycles. The lowest BCUT2D eigenvalue weighted by Gasteiger charge is -2.37. The molecule has 2 atom stereocenters. The highest BCUT2D eigenvalue weighted by Gasteiger charge is 2.27. The topological polar surface area (TPSA) is 35.6 Å². The second-order valence-electron chi connectivity index (χ2n) is 5.56. The van der Waals surface area contributed by atoms with E-state index in [4.69, 9.17) is 0 Å². The Hall–Kier alpha value is -1.26. The molecule has 4 nitrogen and oxygen atoms in total. The van der Waals surface area contributed by atoms with Crippen LogP contribution in [-0.4, -0.2) is 50.1 Å². The van der Waals surface area contributed by atoms with Crippen LogP contribution in [0.3, 0.4) is 0 Å². The number of hydrogen-bond donors (Lipinski definition) is 1. The number of rotatable bonds is 2. The molecule has 2 unspecified atom stereocenters. The molecule has 2 rings (SSSR count). The largest absolute Gasteiger partial charge is 0.378 e. The minimum absolute atomic E-state index is 0. The zero-order valence-corrected chi connectivity index (χ0v) is 13.4. The Balaban J connectivity index is 0.00000200. The van der Waals surface area contributed by atoms with Gasteiger partial charge in [0.05, 0.1) is 0 Å². The van der Waals surface area contributed by atoms with Gasteiger partial charge < -0.3 is 15.1 Å². The quantitative estimate of drug-likeness (QED) is 0.907. The molecule has 1 aliphatic rings. The van der Waals surface area contributed by atoms with E-state index >= 15 is 0 Å². The first kappa shape index (κ1) is 16.8. The molecular formula is C15H24ClN3O. The maximum absolute atomic E-state index is 12.6. The Morgan fingerprint density at radius 1 is 1.35 bits per heavy atom. The first-order chi connectivity index (χ1) is 8.99. The van der Waals surface area contributed by atoms with Gasteiger partial charge in [0, 0.05) is 50.5 Å². The molecule has 1 amide bonds. The van der Waals surface area contributed by atoms with E-state index in [9.17, 15) is 4.79 Å². The third-order valence-corrected chi connectivity index (χ3v) is 3.63. The fraction of sp³-hybridized carbons (Fsp3) is 0.533. The summed E-state index contributed by atoms with van der Waals surface area (Å²) in [5.41, 5.74) is 1.83. The highest BCUT2D eigenvalue weighted by Crippen LogP contribution is 2.17. The van der Waals surface area contributed by atoms with E-state index in [0.717, 1.165) is 24.3 Å². The molecule has 1 aromatic rings. The van der Waals surface area contributed by atoms with E-state index in [1.807, 2.05) is 48.2 Å². The van der Waals surface area contributed by atoms with E-state index < -0.39 is 0 Å². The van der Waals surface area contributed by atoms with Crippen LogP contribution in [0.2, 0.25) is 0 Å². The van der Waals surface area contributed by atoms with Crippen LogP contribution in [0.25, 0.3) is 0 Å². The molecule has 1 N–H and O–H groups in total. The Labute approximate surface area is 127 Å². The van der Waals surface area contributed by atoms with E-state index in [2.05, 4.69) is 19.2 Å². The highest BCUT2D eigenvalue weighted by molar-refractivity contribution is 5.95. The zero-order valence-electron chi connectivity index (χ0n) is 12.6. The zero-order chi connectivity index (χ0) is 14.0. The third-order valence-electron chi connectivity index (χ3n) is 3.63. The van der Waals surface area contributed by atoms with Gasteiger partial charge in [-0.25, -0.2) is 0 Å². The number of nitrogens with zero attached hydrogens (tertiary/aromatic N) is 2. The van der Waals surface area contributed by atoms with Crippen LogP contribution >= 0.6 is 12.4 Å². The smallest absolute Gasteiger partial charge is 0.254 e. The van der Waals surface area contributed by atoms with E-state index in [1.165, 1.54) is 0 Å². The maximum Gasteiger partial charge on any atom is 0.254 e. The molecule has 0 spiro atoms. The minimum atomic E-state index is 0. The molecule has 0 aliphatic carbocycles. The molecule has 0 bridgehead atoms. The number of hydrogen-bond acceptors (Lipinski definition) is 3. The number of halogens is 1.